The van der Waals surface area contributed by atoms with E-state index in [1.54, 1.807) is 0 Å². The Bertz CT molecular complexity index is 479. The SMILES string of the molecule is CCOc1ccc(CNc2ccc(I)cc2)cc1. The van der Waals surface area contributed by atoms with Gasteiger partial charge in [0.2, 0.25) is 0 Å². The molecule has 18 heavy (non-hydrogen) atoms. The Morgan fingerprint density at radius 1 is 1.00 bits per heavy atom. The second-order valence-corrected chi connectivity index (χ2v) is 5.18. The van der Waals surface area contributed by atoms with Gasteiger partial charge in [0.15, 0.2) is 0 Å². The van der Waals surface area contributed by atoms with Crippen LogP contribution in [0, 0.1) is 3.57 Å². The van der Waals surface area contributed by atoms with Gasteiger partial charge in [-0.05, 0) is 71.5 Å². The van der Waals surface area contributed by atoms with Crippen molar-refractivity contribution in [3.05, 3.63) is 57.7 Å². The molecule has 1 N–H and O–H groups in total. The molecule has 0 aliphatic carbocycles. The molecule has 0 heterocycles. The van der Waals surface area contributed by atoms with Crippen molar-refractivity contribution in [1.82, 2.24) is 0 Å². The third-order valence-electron chi connectivity index (χ3n) is 2.58. The van der Waals surface area contributed by atoms with Gasteiger partial charge in [-0.15, -0.1) is 0 Å². The molecule has 2 rings (SSSR count). The van der Waals surface area contributed by atoms with Gasteiger partial charge in [0.1, 0.15) is 5.75 Å². The fourth-order valence-corrected chi connectivity index (χ4v) is 2.00. The van der Waals surface area contributed by atoms with E-state index in [-0.39, 0.29) is 0 Å². The normalized spacial score (nSPS) is 10.1. The van der Waals surface area contributed by atoms with Crippen molar-refractivity contribution in [3.8, 4) is 5.75 Å². The number of ether oxygens (including phenoxy) is 1. The highest BCUT2D eigenvalue weighted by Crippen LogP contribution is 2.15. The Balaban J connectivity index is 1.91. The highest BCUT2D eigenvalue weighted by molar-refractivity contribution is 14.1. The maximum atomic E-state index is 5.42. The summed E-state index contributed by atoms with van der Waals surface area (Å²) in [5.41, 5.74) is 2.39. The highest BCUT2D eigenvalue weighted by atomic mass is 127. The van der Waals surface area contributed by atoms with Crippen LogP contribution in [0.5, 0.6) is 5.75 Å². The lowest BCUT2D eigenvalue weighted by molar-refractivity contribution is 0.340. The van der Waals surface area contributed by atoms with Crippen LogP contribution < -0.4 is 10.1 Å². The molecule has 0 spiro atoms. The minimum atomic E-state index is 0.709. The number of rotatable bonds is 5. The van der Waals surface area contributed by atoms with E-state index in [0.29, 0.717) is 6.61 Å². The number of benzene rings is 2. The second-order valence-electron chi connectivity index (χ2n) is 3.94. The zero-order valence-electron chi connectivity index (χ0n) is 10.3. The van der Waals surface area contributed by atoms with Crippen LogP contribution >= 0.6 is 22.6 Å². The van der Waals surface area contributed by atoms with Crippen molar-refractivity contribution in [3.63, 3.8) is 0 Å². The number of hydrogen-bond acceptors (Lipinski definition) is 2. The first-order valence-corrected chi connectivity index (χ1v) is 7.07. The van der Waals surface area contributed by atoms with Gasteiger partial charge in [0.05, 0.1) is 6.61 Å². The first-order chi connectivity index (χ1) is 8.78. The average molecular weight is 353 g/mol. The molecular formula is C15H16INO. The summed E-state index contributed by atoms with van der Waals surface area (Å²) in [5, 5.41) is 3.40. The van der Waals surface area contributed by atoms with Crippen LogP contribution in [0.4, 0.5) is 5.69 Å². The third-order valence-corrected chi connectivity index (χ3v) is 3.29. The lowest BCUT2D eigenvalue weighted by Gasteiger charge is -2.08. The summed E-state index contributed by atoms with van der Waals surface area (Å²) in [7, 11) is 0. The van der Waals surface area contributed by atoms with Crippen LogP contribution in [0.15, 0.2) is 48.5 Å². The van der Waals surface area contributed by atoms with Crippen molar-refractivity contribution < 1.29 is 4.74 Å². The topological polar surface area (TPSA) is 21.3 Å². The summed E-state index contributed by atoms with van der Waals surface area (Å²) in [6.45, 7) is 3.53. The Morgan fingerprint density at radius 2 is 1.67 bits per heavy atom. The summed E-state index contributed by atoms with van der Waals surface area (Å²) >= 11 is 2.31. The van der Waals surface area contributed by atoms with Crippen LogP contribution in [0.3, 0.4) is 0 Å². The van der Waals surface area contributed by atoms with Gasteiger partial charge in [0.25, 0.3) is 0 Å². The van der Waals surface area contributed by atoms with Crippen LogP contribution in [-0.2, 0) is 6.54 Å². The first-order valence-electron chi connectivity index (χ1n) is 5.99. The molecule has 0 aliphatic heterocycles. The lowest BCUT2D eigenvalue weighted by Crippen LogP contribution is -1.99. The molecule has 2 nitrogen and oxygen atoms in total. The van der Waals surface area contributed by atoms with E-state index in [1.165, 1.54) is 9.13 Å². The Kier molecular flexibility index (Phi) is 4.87. The van der Waals surface area contributed by atoms with Gasteiger partial charge in [-0.25, -0.2) is 0 Å². The standard InChI is InChI=1S/C15H16INO/c1-2-18-15-9-3-12(4-10-15)11-17-14-7-5-13(16)6-8-14/h3-10,17H,2,11H2,1H3. The molecule has 0 saturated carbocycles. The van der Waals surface area contributed by atoms with Gasteiger partial charge in [0, 0.05) is 15.8 Å². The number of hydrogen-bond donors (Lipinski definition) is 1. The van der Waals surface area contributed by atoms with Gasteiger partial charge in [-0.3, -0.25) is 0 Å². The summed E-state index contributed by atoms with van der Waals surface area (Å²) < 4.78 is 6.66. The molecule has 0 aromatic heterocycles. The summed E-state index contributed by atoms with van der Waals surface area (Å²) in [4.78, 5) is 0. The highest BCUT2D eigenvalue weighted by Gasteiger charge is 1.96. The fraction of sp³-hybridized carbons (Fsp3) is 0.200. The minimum Gasteiger partial charge on any atom is -0.494 e. The van der Waals surface area contributed by atoms with Gasteiger partial charge >= 0.3 is 0 Å². The van der Waals surface area contributed by atoms with E-state index < -0.39 is 0 Å². The van der Waals surface area contributed by atoms with Crippen LogP contribution in [-0.4, -0.2) is 6.61 Å². The Labute approximate surface area is 122 Å². The molecule has 0 amide bonds. The van der Waals surface area contributed by atoms with Crippen molar-refractivity contribution >= 4 is 28.3 Å². The van der Waals surface area contributed by atoms with Gasteiger partial charge in [-0.1, -0.05) is 12.1 Å². The van der Waals surface area contributed by atoms with E-state index in [9.17, 15) is 0 Å². The number of nitrogens with one attached hydrogen (secondary N) is 1. The predicted molar refractivity (Wildman–Crippen MR) is 84.1 cm³/mol. The van der Waals surface area contributed by atoms with Gasteiger partial charge < -0.3 is 10.1 Å². The Hall–Kier alpha value is -1.23. The molecule has 0 saturated heterocycles. The van der Waals surface area contributed by atoms with E-state index in [0.717, 1.165) is 18.0 Å². The lowest BCUT2D eigenvalue weighted by atomic mass is 10.2. The largest absolute Gasteiger partial charge is 0.494 e. The molecule has 2 aromatic carbocycles. The summed E-state index contributed by atoms with van der Waals surface area (Å²) in [5.74, 6) is 0.926. The summed E-state index contributed by atoms with van der Waals surface area (Å²) in [6, 6.07) is 16.6. The molecule has 3 heteroatoms. The van der Waals surface area contributed by atoms with E-state index >= 15 is 0 Å². The molecule has 0 fully saturated rings. The van der Waals surface area contributed by atoms with Gasteiger partial charge in [-0.2, -0.15) is 0 Å². The molecule has 0 bridgehead atoms. The molecule has 0 aliphatic rings. The van der Waals surface area contributed by atoms with E-state index in [1.807, 2.05) is 19.1 Å². The molecule has 2 aromatic rings. The smallest absolute Gasteiger partial charge is 0.119 e. The summed E-state index contributed by atoms with van der Waals surface area (Å²) in [6.07, 6.45) is 0. The van der Waals surface area contributed by atoms with Crippen LogP contribution in [0.1, 0.15) is 12.5 Å². The zero-order chi connectivity index (χ0) is 12.8. The molecule has 0 unspecified atom stereocenters. The number of halogens is 1. The second kappa shape index (κ2) is 6.64. The fourth-order valence-electron chi connectivity index (χ4n) is 1.64. The first kappa shape index (κ1) is 13.2. The Morgan fingerprint density at radius 3 is 2.28 bits per heavy atom. The van der Waals surface area contributed by atoms with Crippen molar-refractivity contribution in [1.29, 1.82) is 0 Å². The maximum Gasteiger partial charge on any atom is 0.119 e. The third kappa shape index (κ3) is 3.91. The van der Waals surface area contributed by atoms with Crippen LogP contribution in [0.25, 0.3) is 0 Å². The molecule has 0 radical (unpaired) electrons. The quantitative estimate of drug-likeness (QED) is 0.810. The van der Waals surface area contributed by atoms with E-state index in [4.69, 9.17) is 4.74 Å². The number of anilines is 1. The zero-order valence-corrected chi connectivity index (χ0v) is 12.5. The van der Waals surface area contributed by atoms with Crippen molar-refractivity contribution in [2.75, 3.05) is 11.9 Å². The van der Waals surface area contributed by atoms with Crippen LogP contribution in [0.2, 0.25) is 0 Å². The monoisotopic (exact) mass is 353 g/mol. The minimum absolute atomic E-state index is 0.709. The molecule has 0 atom stereocenters. The van der Waals surface area contributed by atoms with E-state index in [2.05, 4.69) is 64.3 Å². The molecular weight excluding hydrogens is 337 g/mol. The maximum absolute atomic E-state index is 5.42. The molecule has 94 valence electrons. The van der Waals surface area contributed by atoms with Crippen molar-refractivity contribution in [2.24, 2.45) is 0 Å². The van der Waals surface area contributed by atoms with Crippen molar-refractivity contribution in [2.45, 2.75) is 13.5 Å². The predicted octanol–water partition coefficient (Wildman–Crippen LogP) is 4.30. The average Bonchev–Trinajstić information content (AvgIpc) is 2.40.